The van der Waals surface area contributed by atoms with E-state index in [-0.39, 0.29) is 15.8 Å². The number of benzene rings is 1. The molecule has 142 valence electrons. The van der Waals surface area contributed by atoms with E-state index in [0.29, 0.717) is 38.5 Å². The van der Waals surface area contributed by atoms with Crippen molar-refractivity contribution < 1.29 is 13.2 Å². The molecule has 0 spiro atoms. The summed E-state index contributed by atoms with van der Waals surface area (Å²) in [5.74, 6) is 2.32. The van der Waals surface area contributed by atoms with Crippen LogP contribution >= 0.6 is 11.6 Å². The van der Waals surface area contributed by atoms with Crippen LogP contribution in [0, 0.1) is 17.8 Å². The first-order valence-electron chi connectivity index (χ1n) is 9.47. The molecular weight excluding hydrogens is 372 g/mol. The van der Waals surface area contributed by atoms with Crippen molar-refractivity contribution in [1.29, 1.82) is 0 Å². The number of carbonyl (C=O) groups excluding carboxylic acids is 1. The van der Waals surface area contributed by atoms with Crippen molar-refractivity contribution in [1.82, 2.24) is 9.21 Å². The number of hydrogen-bond donors (Lipinski definition) is 0. The standard InChI is InChI=1S/C19H25ClN2O3S/c20-17-3-1-2-4-18(17)26(24,25)22-9-7-21(8-10-22)19(23)13-16-12-14-5-6-15(16)11-14/h1-4,14-16H,5-13H2. The summed E-state index contributed by atoms with van der Waals surface area (Å²) in [4.78, 5) is 14.6. The van der Waals surface area contributed by atoms with Gasteiger partial charge in [-0.2, -0.15) is 4.31 Å². The Balaban J connectivity index is 1.35. The van der Waals surface area contributed by atoms with Crippen LogP contribution in [0.2, 0.25) is 5.02 Å². The van der Waals surface area contributed by atoms with Crippen molar-refractivity contribution in [3.05, 3.63) is 29.3 Å². The zero-order valence-corrected chi connectivity index (χ0v) is 16.4. The third kappa shape index (κ3) is 3.39. The minimum atomic E-state index is -3.61. The molecule has 1 saturated heterocycles. The van der Waals surface area contributed by atoms with Crippen LogP contribution in [-0.4, -0.2) is 49.7 Å². The SMILES string of the molecule is O=C(CC1CC2CCC1C2)N1CCN(S(=O)(=O)c2ccccc2Cl)CC1. The van der Waals surface area contributed by atoms with Gasteiger partial charge in [0.1, 0.15) is 4.90 Å². The van der Waals surface area contributed by atoms with Gasteiger partial charge in [-0.05, 0) is 49.1 Å². The second-order valence-electron chi connectivity index (χ2n) is 7.85. The molecule has 7 heteroatoms. The molecule has 4 rings (SSSR count). The van der Waals surface area contributed by atoms with Crippen molar-refractivity contribution in [2.45, 2.75) is 37.0 Å². The summed E-state index contributed by atoms with van der Waals surface area (Å²) in [5.41, 5.74) is 0. The molecule has 1 heterocycles. The van der Waals surface area contributed by atoms with Crippen molar-refractivity contribution in [2.24, 2.45) is 17.8 Å². The quantitative estimate of drug-likeness (QED) is 0.786. The first kappa shape index (κ1) is 18.3. The summed E-state index contributed by atoms with van der Waals surface area (Å²) in [6, 6.07) is 6.51. The lowest BCUT2D eigenvalue weighted by Gasteiger charge is -2.35. The van der Waals surface area contributed by atoms with Gasteiger partial charge in [-0.15, -0.1) is 0 Å². The van der Waals surface area contributed by atoms with E-state index in [1.54, 1.807) is 18.2 Å². The molecule has 3 unspecified atom stereocenters. The van der Waals surface area contributed by atoms with Crippen molar-refractivity contribution in [3.8, 4) is 0 Å². The molecule has 26 heavy (non-hydrogen) atoms. The highest BCUT2D eigenvalue weighted by Gasteiger charge is 2.41. The van der Waals surface area contributed by atoms with E-state index in [0.717, 1.165) is 11.8 Å². The molecule has 1 aromatic rings. The maximum atomic E-state index is 12.8. The van der Waals surface area contributed by atoms with Gasteiger partial charge in [0, 0.05) is 32.6 Å². The Kier molecular flexibility index (Phi) is 5.01. The van der Waals surface area contributed by atoms with Gasteiger partial charge in [0.05, 0.1) is 5.02 Å². The second-order valence-corrected chi connectivity index (χ2v) is 10.2. The third-order valence-electron chi connectivity index (χ3n) is 6.37. The highest BCUT2D eigenvalue weighted by molar-refractivity contribution is 7.89. The molecule has 1 aliphatic heterocycles. The number of rotatable bonds is 4. The number of halogens is 1. The zero-order valence-electron chi connectivity index (χ0n) is 14.8. The van der Waals surface area contributed by atoms with Crippen LogP contribution in [0.4, 0.5) is 0 Å². The maximum Gasteiger partial charge on any atom is 0.244 e. The van der Waals surface area contributed by atoms with Gasteiger partial charge in [-0.25, -0.2) is 8.42 Å². The number of carbonyl (C=O) groups is 1. The van der Waals surface area contributed by atoms with Gasteiger partial charge in [-0.3, -0.25) is 4.79 Å². The molecule has 3 fully saturated rings. The summed E-state index contributed by atoms with van der Waals surface area (Å²) in [6.07, 6.45) is 5.78. The molecule has 3 atom stereocenters. The van der Waals surface area contributed by atoms with Crippen LogP contribution in [0.5, 0.6) is 0 Å². The van der Waals surface area contributed by atoms with Crippen molar-refractivity contribution >= 4 is 27.5 Å². The normalized spacial score (nSPS) is 29.3. The van der Waals surface area contributed by atoms with E-state index < -0.39 is 10.0 Å². The summed E-state index contributed by atoms with van der Waals surface area (Å²) >= 11 is 6.06. The Morgan fingerprint density at radius 1 is 1.08 bits per heavy atom. The highest BCUT2D eigenvalue weighted by Crippen LogP contribution is 2.49. The predicted molar refractivity (Wildman–Crippen MR) is 100 cm³/mol. The van der Waals surface area contributed by atoms with Crippen LogP contribution in [0.25, 0.3) is 0 Å². The highest BCUT2D eigenvalue weighted by atomic mass is 35.5. The lowest BCUT2D eigenvalue weighted by molar-refractivity contribution is -0.133. The van der Waals surface area contributed by atoms with Gasteiger partial charge in [0.2, 0.25) is 15.9 Å². The first-order valence-corrected chi connectivity index (χ1v) is 11.3. The van der Waals surface area contributed by atoms with Crippen LogP contribution < -0.4 is 0 Å². The van der Waals surface area contributed by atoms with Gasteiger partial charge in [-0.1, -0.05) is 30.2 Å². The molecule has 2 bridgehead atoms. The average molecular weight is 397 g/mol. The fourth-order valence-electron chi connectivity index (χ4n) is 4.95. The number of hydrogen-bond acceptors (Lipinski definition) is 3. The summed E-state index contributed by atoms with van der Waals surface area (Å²) in [6.45, 7) is 1.58. The second kappa shape index (κ2) is 7.13. The molecule has 2 aliphatic carbocycles. The Bertz CT molecular complexity index is 790. The summed E-state index contributed by atoms with van der Waals surface area (Å²) < 4.78 is 27.0. The van der Waals surface area contributed by atoms with E-state index in [2.05, 4.69) is 0 Å². The van der Waals surface area contributed by atoms with E-state index in [9.17, 15) is 13.2 Å². The molecule has 0 radical (unpaired) electrons. The Morgan fingerprint density at radius 2 is 1.81 bits per heavy atom. The first-order chi connectivity index (χ1) is 12.4. The third-order valence-corrected chi connectivity index (χ3v) is 8.77. The zero-order chi connectivity index (χ0) is 18.3. The smallest absolute Gasteiger partial charge is 0.244 e. The van der Waals surface area contributed by atoms with Crippen LogP contribution in [-0.2, 0) is 14.8 Å². The van der Waals surface area contributed by atoms with Gasteiger partial charge >= 0.3 is 0 Å². The van der Waals surface area contributed by atoms with Crippen LogP contribution in [0.15, 0.2) is 29.2 Å². The topological polar surface area (TPSA) is 57.7 Å². The van der Waals surface area contributed by atoms with Gasteiger partial charge < -0.3 is 4.90 Å². The maximum absolute atomic E-state index is 12.8. The molecular formula is C19H25ClN2O3S. The van der Waals surface area contributed by atoms with Crippen molar-refractivity contribution in [2.75, 3.05) is 26.2 Å². The summed E-state index contributed by atoms with van der Waals surface area (Å²) in [7, 11) is -3.61. The predicted octanol–water partition coefficient (Wildman–Crippen LogP) is 3.00. The number of sulfonamides is 1. The fraction of sp³-hybridized carbons (Fsp3) is 0.632. The number of fused-ring (bicyclic) bond motifs is 2. The van der Waals surface area contributed by atoms with Crippen LogP contribution in [0.1, 0.15) is 32.1 Å². The fourth-order valence-corrected chi connectivity index (χ4v) is 6.87. The largest absolute Gasteiger partial charge is 0.340 e. The molecule has 5 nitrogen and oxygen atoms in total. The van der Waals surface area contributed by atoms with Gasteiger partial charge in [0.25, 0.3) is 0 Å². The van der Waals surface area contributed by atoms with E-state index in [1.165, 1.54) is 36.1 Å². The number of piperazine rings is 1. The minimum absolute atomic E-state index is 0.142. The summed E-state index contributed by atoms with van der Waals surface area (Å²) in [5, 5.41) is 0.238. The molecule has 1 aromatic carbocycles. The molecule has 0 aromatic heterocycles. The Hall–Kier alpha value is -1.11. The van der Waals surface area contributed by atoms with E-state index in [4.69, 9.17) is 11.6 Å². The van der Waals surface area contributed by atoms with Crippen LogP contribution in [0.3, 0.4) is 0 Å². The number of amides is 1. The van der Waals surface area contributed by atoms with Crippen molar-refractivity contribution in [3.63, 3.8) is 0 Å². The number of nitrogens with zero attached hydrogens (tertiary/aromatic N) is 2. The lowest BCUT2D eigenvalue weighted by atomic mass is 9.86. The molecule has 0 N–H and O–H groups in total. The lowest BCUT2D eigenvalue weighted by Crippen LogP contribution is -2.50. The van der Waals surface area contributed by atoms with Gasteiger partial charge in [0.15, 0.2) is 0 Å². The average Bonchev–Trinajstić information content (AvgIpc) is 3.25. The minimum Gasteiger partial charge on any atom is -0.340 e. The molecule has 3 aliphatic rings. The monoisotopic (exact) mass is 396 g/mol. The Morgan fingerprint density at radius 3 is 2.42 bits per heavy atom. The molecule has 1 amide bonds. The van der Waals surface area contributed by atoms with E-state index >= 15 is 0 Å². The Labute approximate surface area is 160 Å². The molecule has 2 saturated carbocycles. The van der Waals surface area contributed by atoms with E-state index in [1.807, 2.05) is 4.90 Å².